The molecule has 0 bridgehead atoms. The molecule has 0 saturated carbocycles. The van der Waals surface area contributed by atoms with Crippen molar-refractivity contribution in [2.75, 3.05) is 0 Å². The van der Waals surface area contributed by atoms with Gasteiger partial charge in [0.2, 0.25) is 5.43 Å². The molecule has 0 spiro atoms. The molecule has 5 heteroatoms. The Bertz CT molecular complexity index is 722. The quantitative estimate of drug-likeness (QED) is 0.852. The van der Waals surface area contributed by atoms with Crippen LogP contribution in [0.3, 0.4) is 0 Å². The van der Waals surface area contributed by atoms with E-state index in [1.54, 1.807) is 17.7 Å². The minimum absolute atomic E-state index is 0.228. The molecule has 1 heterocycles. The zero-order chi connectivity index (χ0) is 16.8. The van der Waals surface area contributed by atoms with Crippen LogP contribution in [-0.4, -0.2) is 15.6 Å². The van der Waals surface area contributed by atoms with E-state index in [-0.39, 0.29) is 17.8 Å². The highest BCUT2D eigenvalue weighted by Crippen LogP contribution is 2.22. The summed E-state index contributed by atoms with van der Waals surface area (Å²) in [6.07, 6.45) is 2.49. The molecule has 0 saturated heterocycles. The van der Waals surface area contributed by atoms with E-state index < -0.39 is 12.0 Å². The molecule has 0 aliphatic rings. The Kier molecular flexibility index (Phi) is 5.57. The fourth-order valence-corrected chi connectivity index (χ4v) is 2.58. The first-order valence-corrected chi connectivity index (χ1v) is 7.72. The van der Waals surface area contributed by atoms with Crippen LogP contribution in [0.4, 0.5) is 0 Å². The summed E-state index contributed by atoms with van der Waals surface area (Å²) < 4.78 is 7.36. The van der Waals surface area contributed by atoms with Gasteiger partial charge in [-0.15, -0.1) is 0 Å². The maximum atomic E-state index is 12.2. The highest BCUT2D eigenvalue weighted by atomic mass is 16.5. The average Bonchev–Trinajstić information content (AvgIpc) is 2.56. The van der Waals surface area contributed by atoms with Gasteiger partial charge < -0.3 is 14.4 Å². The Morgan fingerprint density at radius 2 is 1.91 bits per heavy atom. The predicted molar refractivity (Wildman–Crippen MR) is 87.8 cm³/mol. The Hall–Kier alpha value is -2.56. The van der Waals surface area contributed by atoms with Crippen molar-refractivity contribution in [3.63, 3.8) is 0 Å². The van der Waals surface area contributed by atoms with Crippen LogP contribution >= 0.6 is 0 Å². The van der Waals surface area contributed by atoms with Crippen molar-refractivity contribution in [3.05, 3.63) is 64.1 Å². The van der Waals surface area contributed by atoms with Gasteiger partial charge in [-0.2, -0.15) is 0 Å². The van der Waals surface area contributed by atoms with E-state index in [0.717, 1.165) is 5.56 Å². The van der Waals surface area contributed by atoms with Crippen molar-refractivity contribution in [1.82, 2.24) is 4.57 Å². The largest absolute Gasteiger partial charge is 0.483 e. The highest BCUT2D eigenvalue weighted by molar-refractivity contribution is 5.72. The monoisotopic (exact) mass is 315 g/mol. The molecule has 1 aromatic carbocycles. The number of carbonyl (C=O) groups is 1. The van der Waals surface area contributed by atoms with Crippen LogP contribution in [0.15, 0.2) is 47.4 Å². The van der Waals surface area contributed by atoms with Gasteiger partial charge in [0.25, 0.3) is 0 Å². The maximum Gasteiger partial charge on any atom is 0.326 e. The van der Waals surface area contributed by atoms with Gasteiger partial charge >= 0.3 is 5.97 Å². The number of nitrogens with zero attached hydrogens (tertiary/aromatic N) is 1. The molecule has 0 aliphatic heterocycles. The summed E-state index contributed by atoms with van der Waals surface area (Å²) in [5.74, 6) is -0.682. The van der Waals surface area contributed by atoms with Crippen LogP contribution in [0.1, 0.15) is 37.6 Å². The first kappa shape index (κ1) is 16.8. The molecule has 1 unspecified atom stereocenters. The SMILES string of the molecule is CCc1c(OCc2ccccc2)c(=O)ccn1C(CC)C(=O)O. The molecular weight excluding hydrogens is 294 g/mol. The highest BCUT2D eigenvalue weighted by Gasteiger charge is 2.21. The van der Waals surface area contributed by atoms with Gasteiger partial charge in [0.1, 0.15) is 12.6 Å². The number of hydrogen-bond acceptors (Lipinski definition) is 3. The van der Waals surface area contributed by atoms with Gasteiger partial charge in [-0.05, 0) is 18.4 Å². The second-order valence-electron chi connectivity index (χ2n) is 5.25. The summed E-state index contributed by atoms with van der Waals surface area (Å²) in [4.78, 5) is 23.6. The lowest BCUT2D eigenvalue weighted by Crippen LogP contribution is -2.24. The fourth-order valence-electron chi connectivity index (χ4n) is 2.58. The van der Waals surface area contributed by atoms with E-state index in [1.165, 1.54) is 6.07 Å². The standard InChI is InChI=1S/C18H21NO4/c1-3-14-17(23-12-13-8-6-5-7-9-13)16(20)10-11-19(14)15(4-2)18(21)22/h5-11,15H,3-4,12H2,1-2H3,(H,21,22). The number of carboxylic acids is 1. The Morgan fingerprint density at radius 1 is 1.22 bits per heavy atom. The van der Waals surface area contributed by atoms with Crippen molar-refractivity contribution >= 4 is 5.97 Å². The molecule has 2 aromatic rings. The van der Waals surface area contributed by atoms with E-state index >= 15 is 0 Å². The summed E-state index contributed by atoms with van der Waals surface area (Å²) in [5, 5.41) is 9.37. The lowest BCUT2D eigenvalue weighted by Gasteiger charge is -2.21. The number of hydrogen-bond donors (Lipinski definition) is 1. The van der Waals surface area contributed by atoms with E-state index in [2.05, 4.69) is 0 Å². The lowest BCUT2D eigenvalue weighted by atomic mass is 10.1. The summed E-state index contributed by atoms with van der Waals surface area (Å²) in [6, 6.07) is 10.2. The van der Waals surface area contributed by atoms with E-state index in [0.29, 0.717) is 18.5 Å². The van der Waals surface area contributed by atoms with Crippen LogP contribution in [-0.2, 0) is 17.8 Å². The predicted octanol–water partition coefficient (Wildman–Crippen LogP) is 3.03. The normalized spacial score (nSPS) is 11.9. The average molecular weight is 315 g/mol. The van der Waals surface area contributed by atoms with E-state index in [9.17, 15) is 14.7 Å². The number of ether oxygens (including phenoxy) is 1. The Labute approximate surface area is 135 Å². The lowest BCUT2D eigenvalue weighted by molar-refractivity contribution is -0.141. The molecule has 0 fully saturated rings. The molecule has 2 rings (SSSR count). The van der Waals surface area contributed by atoms with Crippen molar-refractivity contribution in [2.45, 2.75) is 39.3 Å². The Balaban J connectivity index is 2.38. The molecule has 0 amide bonds. The van der Waals surface area contributed by atoms with Gasteiger partial charge in [-0.3, -0.25) is 4.79 Å². The molecular formula is C18H21NO4. The van der Waals surface area contributed by atoms with Gasteiger partial charge in [0.05, 0.1) is 5.69 Å². The molecule has 1 N–H and O–H groups in total. The van der Waals surface area contributed by atoms with Crippen LogP contribution in [0.2, 0.25) is 0 Å². The Morgan fingerprint density at radius 3 is 2.48 bits per heavy atom. The summed E-state index contributed by atoms with van der Waals surface area (Å²) >= 11 is 0. The number of rotatable bonds is 7. The van der Waals surface area contributed by atoms with E-state index in [4.69, 9.17) is 4.74 Å². The first-order chi connectivity index (χ1) is 11.1. The molecule has 122 valence electrons. The smallest absolute Gasteiger partial charge is 0.326 e. The van der Waals surface area contributed by atoms with Crippen molar-refractivity contribution in [3.8, 4) is 5.75 Å². The first-order valence-electron chi connectivity index (χ1n) is 7.72. The number of pyridine rings is 1. The molecule has 1 atom stereocenters. The number of aliphatic carboxylic acids is 1. The van der Waals surface area contributed by atoms with Crippen LogP contribution < -0.4 is 10.2 Å². The van der Waals surface area contributed by atoms with Gasteiger partial charge in [-0.25, -0.2) is 4.79 Å². The molecule has 0 aliphatic carbocycles. The summed E-state index contributed by atoms with van der Waals surface area (Å²) in [7, 11) is 0. The van der Waals surface area contributed by atoms with Crippen molar-refractivity contribution in [1.29, 1.82) is 0 Å². The third-order valence-electron chi connectivity index (χ3n) is 3.75. The maximum absolute atomic E-state index is 12.2. The van der Waals surface area contributed by atoms with Crippen LogP contribution in [0.25, 0.3) is 0 Å². The minimum atomic E-state index is -0.917. The summed E-state index contributed by atoms with van der Waals surface area (Å²) in [6.45, 7) is 3.97. The number of aromatic nitrogens is 1. The van der Waals surface area contributed by atoms with Gasteiger partial charge in [0, 0.05) is 12.3 Å². The van der Waals surface area contributed by atoms with Crippen LogP contribution in [0.5, 0.6) is 5.75 Å². The number of benzene rings is 1. The topological polar surface area (TPSA) is 68.5 Å². The fraction of sp³-hybridized carbons (Fsp3) is 0.333. The van der Waals surface area contributed by atoms with Gasteiger partial charge in [0.15, 0.2) is 5.75 Å². The van der Waals surface area contributed by atoms with Gasteiger partial charge in [-0.1, -0.05) is 44.2 Å². The summed E-state index contributed by atoms with van der Waals surface area (Å²) in [5.41, 5.74) is 1.34. The zero-order valence-electron chi connectivity index (χ0n) is 13.4. The molecule has 5 nitrogen and oxygen atoms in total. The molecule has 23 heavy (non-hydrogen) atoms. The second-order valence-corrected chi connectivity index (χ2v) is 5.25. The second kappa shape index (κ2) is 7.63. The molecule has 0 radical (unpaired) electrons. The minimum Gasteiger partial charge on any atom is -0.483 e. The number of carboxylic acid groups (broad SMARTS) is 1. The third-order valence-corrected chi connectivity index (χ3v) is 3.75. The third kappa shape index (κ3) is 3.80. The molecule has 1 aromatic heterocycles. The van der Waals surface area contributed by atoms with Crippen LogP contribution in [0, 0.1) is 0 Å². The zero-order valence-corrected chi connectivity index (χ0v) is 13.4. The van der Waals surface area contributed by atoms with Crippen molar-refractivity contribution < 1.29 is 14.6 Å². The van der Waals surface area contributed by atoms with E-state index in [1.807, 2.05) is 37.3 Å². The van der Waals surface area contributed by atoms with Crippen molar-refractivity contribution in [2.24, 2.45) is 0 Å².